The lowest BCUT2D eigenvalue weighted by molar-refractivity contribution is -0.119. The zero-order chi connectivity index (χ0) is 17.4. The van der Waals surface area contributed by atoms with Crippen molar-refractivity contribution in [3.8, 4) is 0 Å². The van der Waals surface area contributed by atoms with Crippen LogP contribution in [0.1, 0.15) is 42.7 Å². The zero-order valence-electron chi connectivity index (χ0n) is 14.4. The molecule has 0 bridgehead atoms. The Balaban J connectivity index is 1.87. The number of carbonyl (C=O) groups excluding carboxylic acids is 2. The van der Waals surface area contributed by atoms with Gasteiger partial charge in [-0.3, -0.25) is 14.5 Å². The van der Waals surface area contributed by atoms with Gasteiger partial charge in [0.25, 0.3) is 0 Å². The molecule has 1 aliphatic carbocycles. The monoisotopic (exact) mass is 331 g/mol. The molecule has 0 N–H and O–H groups in total. The van der Waals surface area contributed by atoms with Gasteiger partial charge < -0.3 is 0 Å². The molecule has 3 heteroatoms. The lowest BCUT2D eigenvalue weighted by Gasteiger charge is -2.38. The van der Waals surface area contributed by atoms with Crippen molar-refractivity contribution in [2.75, 3.05) is 4.90 Å². The van der Waals surface area contributed by atoms with E-state index in [-0.39, 0.29) is 17.6 Å². The first-order valence-electron chi connectivity index (χ1n) is 8.86. The minimum Gasteiger partial charge on any atom is -0.294 e. The summed E-state index contributed by atoms with van der Waals surface area (Å²) in [5.74, 6) is 0.155. The normalized spacial score (nSPS) is 20.7. The number of rotatable bonds is 2. The Kier molecular flexibility index (Phi) is 4.00. The van der Waals surface area contributed by atoms with Gasteiger partial charge in [-0.05, 0) is 37.5 Å². The smallest absolute Gasteiger partial charge is 0.232 e. The van der Waals surface area contributed by atoms with E-state index < -0.39 is 0 Å². The predicted octanol–water partition coefficient (Wildman–Crippen LogP) is 4.52. The molecule has 0 saturated heterocycles. The molecular formula is C22H21NO2. The zero-order valence-corrected chi connectivity index (χ0v) is 14.4. The molecule has 1 atom stereocenters. The maximum atomic E-state index is 13.0. The molecule has 0 aromatic heterocycles. The number of benzene rings is 2. The van der Waals surface area contributed by atoms with Crippen molar-refractivity contribution < 1.29 is 9.59 Å². The summed E-state index contributed by atoms with van der Waals surface area (Å²) in [5.41, 5.74) is 4.84. The van der Waals surface area contributed by atoms with Crippen LogP contribution >= 0.6 is 0 Å². The summed E-state index contributed by atoms with van der Waals surface area (Å²) in [6.07, 6.45) is 2.53. The molecule has 0 spiro atoms. The molecule has 1 amide bonds. The molecule has 1 heterocycles. The van der Waals surface area contributed by atoms with Crippen LogP contribution in [0.15, 0.2) is 65.9 Å². The number of amides is 1. The van der Waals surface area contributed by atoms with Crippen LogP contribution in [-0.2, 0) is 9.59 Å². The molecule has 2 aromatic rings. The standard InChI is InChI=1S/C22H21NO2/c1-15-7-5-8-16(13-15)18-14-21(25)23(17-9-3-2-4-10-17)19-11-6-12-20(24)22(18)19/h2-5,7-10,13,18H,6,11-12,14H2,1H3. The first-order valence-corrected chi connectivity index (χ1v) is 8.86. The van der Waals surface area contributed by atoms with Crippen molar-refractivity contribution in [3.63, 3.8) is 0 Å². The van der Waals surface area contributed by atoms with E-state index in [1.807, 2.05) is 55.5 Å². The van der Waals surface area contributed by atoms with Gasteiger partial charge in [-0.15, -0.1) is 0 Å². The van der Waals surface area contributed by atoms with Crippen LogP contribution in [0.4, 0.5) is 5.69 Å². The van der Waals surface area contributed by atoms with Gasteiger partial charge in [0, 0.05) is 35.7 Å². The third-order valence-corrected chi connectivity index (χ3v) is 5.13. The first kappa shape index (κ1) is 15.8. The van der Waals surface area contributed by atoms with Crippen LogP contribution in [0.25, 0.3) is 0 Å². The van der Waals surface area contributed by atoms with E-state index in [0.29, 0.717) is 12.8 Å². The fourth-order valence-corrected chi connectivity index (χ4v) is 4.04. The highest BCUT2D eigenvalue weighted by molar-refractivity contribution is 6.07. The number of hydrogen-bond acceptors (Lipinski definition) is 2. The molecule has 126 valence electrons. The first-order chi connectivity index (χ1) is 12.1. The fourth-order valence-electron chi connectivity index (χ4n) is 4.04. The van der Waals surface area contributed by atoms with Crippen LogP contribution in [0.2, 0.25) is 0 Å². The Hall–Kier alpha value is -2.68. The number of carbonyl (C=O) groups is 2. The molecule has 1 aliphatic heterocycles. The highest BCUT2D eigenvalue weighted by Crippen LogP contribution is 2.43. The topological polar surface area (TPSA) is 37.4 Å². The van der Waals surface area contributed by atoms with Crippen molar-refractivity contribution in [2.45, 2.75) is 38.5 Å². The predicted molar refractivity (Wildman–Crippen MR) is 98.3 cm³/mol. The average Bonchev–Trinajstić information content (AvgIpc) is 2.62. The van der Waals surface area contributed by atoms with Gasteiger partial charge >= 0.3 is 0 Å². The number of para-hydroxylation sites is 1. The third-order valence-electron chi connectivity index (χ3n) is 5.13. The van der Waals surface area contributed by atoms with E-state index in [1.165, 1.54) is 0 Å². The molecule has 3 nitrogen and oxygen atoms in total. The van der Waals surface area contributed by atoms with Gasteiger partial charge in [0.2, 0.25) is 5.91 Å². The third kappa shape index (κ3) is 2.80. The molecule has 1 unspecified atom stereocenters. The summed E-state index contributed by atoms with van der Waals surface area (Å²) in [5, 5.41) is 0. The van der Waals surface area contributed by atoms with Crippen molar-refractivity contribution in [1.82, 2.24) is 0 Å². The Morgan fingerprint density at radius 3 is 2.52 bits per heavy atom. The second kappa shape index (κ2) is 6.32. The van der Waals surface area contributed by atoms with E-state index in [0.717, 1.165) is 40.9 Å². The van der Waals surface area contributed by atoms with E-state index in [1.54, 1.807) is 4.90 Å². The number of hydrogen-bond donors (Lipinski definition) is 0. The van der Waals surface area contributed by atoms with Gasteiger partial charge in [0.15, 0.2) is 5.78 Å². The van der Waals surface area contributed by atoms with Gasteiger partial charge in [0.05, 0.1) is 0 Å². The Morgan fingerprint density at radius 2 is 1.76 bits per heavy atom. The number of allylic oxidation sites excluding steroid dienone is 2. The minimum atomic E-state index is -0.116. The van der Waals surface area contributed by atoms with Gasteiger partial charge in [-0.2, -0.15) is 0 Å². The quantitative estimate of drug-likeness (QED) is 0.811. The summed E-state index contributed by atoms with van der Waals surface area (Å²) in [7, 11) is 0. The SMILES string of the molecule is Cc1cccc(C2CC(=O)N(c3ccccc3)C3=C2C(=O)CCC3)c1. The highest BCUT2D eigenvalue weighted by atomic mass is 16.2. The molecule has 0 fully saturated rings. The van der Waals surface area contributed by atoms with Crippen LogP contribution in [-0.4, -0.2) is 11.7 Å². The molecule has 0 radical (unpaired) electrons. The summed E-state index contributed by atoms with van der Waals surface area (Å²) in [4.78, 5) is 27.6. The van der Waals surface area contributed by atoms with E-state index in [4.69, 9.17) is 0 Å². The second-order valence-corrected chi connectivity index (χ2v) is 6.87. The molecule has 25 heavy (non-hydrogen) atoms. The maximum absolute atomic E-state index is 13.0. The molecule has 4 rings (SSSR count). The number of anilines is 1. The van der Waals surface area contributed by atoms with Crippen molar-refractivity contribution in [3.05, 3.63) is 77.0 Å². The second-order valence-electron chi connectivity index (χ2n) is 6.87. The highest BCUT2D eigenvalue weighted by Gasteiger charge is 2.39. The molecular weight excluding hydrogens is 310 g/mol. The van der Waals surface area contributed by atoms with Crippen LogP contribution in [0, 0.1) is 6.92 Å². The number of ketones is 1. The fraction of sp³-hybridized carbons (Fsp3) is 0.273. The van der Waals surface area contributed by atoms with E-state index >= 15 is 0 Å². The van der Waals surface area contributed by atoms with E-state index in [2.05, 4.69) is 6.07 Å². The lowest BCUT2D eigenvalue weighted by Crippen LogP contribution is -2.40. The minimum absolute atomic E-state index is 0.0751. The number of aryl methyl sites for hydroxylation is 1. The summed E-state index contributed by atoms with van der Waals surface area (Å²) in [6.45, 7) is 2.04. The van der Waals surface area contributed by atoms with E-state index in [9.17, 15) is 9.59 Å². The number of Topliss-reactive ketones (excluding diaryl/α,β-unsaturated/α-hetero) is 1. The number of nitrogens with zero attached hydrogens (tertiary/aromatic N) is 1. The van der Waals surface area contributed by atoms with Crippen molar-refractivity contribution in [2.24, 2.45) is 0 Å². The Morgan fingerprint density at radius 1 is 0.960 bits per heavy atom. The van der Waals surface area contributed by atoms with Crippen molar-refractivity contribution >= 4 is 17.4 Å². The largest absolute Gasteiger partial charge is 0.294 e. The van der Waals surface area contributed by atoms with Gasteiger partial charge in [0.1, 0.15) is 0 Å². The molecule has 0 saturated carbocycles. The lowest BCUT2D eigenvalue weighted by atomic mass is 9.77. The van der Waals surface area contributed by atoms with Gasteiger partial charge in [-0.1, -0.05) is 48.0 Å². The van der Waals surface area contributed by atoms with Gasteiger partial charge in [-0.25, -0.2) is 0 Å². The van der Waals surface area contributed by atoms with Crippen LogP contribution in [0.3, 0.4) is 0 Å². The Labute approximate surface area is 148 Å². The summed E-state index contributed by atoms with van der Waals surface area (Å²) >= 11 is 0. The van der Waals surface area contributed by atoms with Crippen LogP contribution < -0.4 is 4.90 Å². The summed E-state index contributed by atoms with van der Waals surface area (Å²) in [6, 6.07) is 17.9. The average molecular weight is 331 g/mol. The summed E-state index contributed by atoms with van der Waals surface area (Å²) < 4.78 is 0. The van der Waals surface area contributed by atoms with Crippen LogP contribution in [0.5, 0.6) is 0 Å². The molecule has 2 aromatic carbocycles. The maximum Gasteiger partial charge on any atom is 0.232 e. The Bertz CT molecular complexity index is 867. The van der Waals surface area contributed by atoms with Crippen molar-refractivity contribution in [1.29, 1.82) is 0 Å². The molecule has 2 aliphatic rings.